The normalized spacial score (nSPS) is 18.6. The molecule has 1 aliphatic rings. The van der Waals surface area contributed by atoms with Crippen molar-refractivity contribution in [2.24, 2.45) is 5.73 Å². The van der Waals surface area contributed by atoms with Crippen molar-refractivity contribution < 1.29 is 9.47 Å². The van der Waals surface area contributed by atoms with Crippen LogP contribution in [0.4, 0.5) is 0 Å². The summed E-state index contributed by atoms with van der Waals surface area (Å²) < 4.78 is 13.5. The van der Waals surface area contributed by atoms with Crippen molar-refractivity contribution in [2.45, 2.75) is 57.8 Å². The Labute approximate surface area is 121 Å². The van der Waals surface area contributed by atoms with Crippen molar-refractivity contribution in [3.63, 3.8) is 0 Å². The van der Waals surface area contributed by atoms with Crippen LogP contribution in [0.25, 0.3) is 0 Å². The van der Waals surface area contributed by atoms with Gasteiger partial charge in [-0.25, -0.2) is 0 Å². The Hall–Kier alpha value is -0.910. The summed E-state index contributed by atoms with van der Waals surface area (Å²) in [6.45, 7) is 6.93. The topological polar surface area (TPSA) is 62.3 Å². The molecule has 1 aromatic heterocycles. The van der Waals surface area contributed by atoms with E-state index in [1.807, 2.05) is 6.07 Å². The lowest BCUT2D eigenvalue weighted by molar-refractivity contribution is -0.113. The summed E-state index contributed by atoms with van der Waals surface area (Å²) in [6.07, 6.45) is 5.99. The van der Waals surface area contributed by atoms with Crippen LogP contribution in [0, 0.1) is 0 Å². The molecule has 5 nitrogen and oxygen atoms in total. The first-order chi connectivity index (χ1) is 9.73. The van der Waals surface area contributed by atoms with Crippen molar-refractivity contribution in [1.29, 1.82) is 0 Å². The second kappa shape index (κ2) is 7.20. The molecular formula is C15H27N3O2. The average molecular weight is 281 g/mol. The van der Waals surface area contributed by atoms with E-state index in [1.54, 1.807) is 0 Å². The molecule has 1 saturated heterocycles. The first-order valence-electron chi connectivity index (χ1n) is 7.69. The molecule has 0 saturated carbocycles. The van der Waals surface area contributed by atoms with E-state index in [0.29, 0.717) is 19.2 Å². The van der Waals surface area contributed by atoms with Gasteiger partial charge in [0.15, 0.2) is 0 Å². The number of nitrogens with zero attached hydrogens (tertiary/aromatic N) is 2. The van der Waals surface area contributed by atoms with Crippen LogP contribution in [-0.2, 0) is 16.1 Å². The lowest BCUT2D eigenvalue weighted by Gasteiger charge is -2.35. The van der Waals surface area contributed by atoms with Gasteiger partial charge in [-0.2, -0.15) is 5.10 Å². The summed E-state index contributed by atoms with van der Waals surface area (Å²) >= 11 is 0. The van der Waals surface area contributed by atoms with Crippen molar-refractivity contribution in [3.05, 3.63) is 18.0 Å². The zero-order valence-electron chi connectivity index (χ0n) is 12.7. The molecule has 1 fully saturated rings. The smallest absolute Gasteiger partial charge is 0.0914 e. The van der Waals surface area contributed by atoms with Gasteiger partial charge >= 0.3 is 0 Å². The fraction of sp³-hybridized carbons (Fsp3) is 0.800. The van der Waals surface area contributed by atoms with E-state index in [2.05, 4.69) is 29.8 Å². The molecule has 0 spiro atoms. The molecule has 114 valence electrons. The van der Waals surface area contributed by atoms with Gasteiger partial charge in [0.25, 0.3) is 0 Å². The molecule has 0 radical (unpaired) electrons. The lowest BCUT2D eigenvalue weighted by Crippen LogP contribution is -2.45. The van der Waals surface area contributed by atoms with Crippen molar-refractivity contribution in [2.75, 3.05) is 19.8 Å². The third-order valence-corrected chi connectivity index (χ3v) is 4.28. The molecule has 1 aliphatic heterocycles. The SMILES string of the molecule is CCC(CC)n1ccc(COC2(CN)CCOCC2)n1. The summed E-state index contributed by atoms with van der Waals surface area (Å²) in [6, 6.07) is 2.53. The number of ether oxygens (including phenoxy) is 2. The van der Waals surface area contributed by atoms with Gasteiger partial charge in [-0.15, -0.1) is 0 Å². The minimum absolute atomic E-state index is 0.225. The highest BCUT2D eigenvalue weighted by atomic mass is 16.5. The fourth-order valence-corrected chi connectivity index (χ4v) is 2.70. The number of hydrogen-bond donors (Lipinski definition) is 1. The fourth-order valence-electron chi connectivity index (χ4n) is 2.70. The summed E-state index contributed by atoms with van der Waals surface area (Å²) in [4.78, 5) is 0. The Morgan fingerprint density at radius 2 is 2.10 bits per heavy atom. The molecule has 2 rings (SSSR count). The molecule has 5 heteroatoms. The minimum atomic E-state index is -0.225. The van der Waals surface area contributed by atoms with Gasteiger partial charge in [-0.1, -0.05) is 13.8 Å². The number of hydrogen-bond acceptors (Lipinski definition) is 4. The standard InChI is InChI=1S/C15H27N3O2/c1-3-14(4-2)18-8-5-13(17-18)11-20-15(12-16)6-9-19-10-7-15/h5,8,14H,3-4,6-7,9-12,16H2,1-2H3. The minimum Gasteiger partial charge on any atom is -0.381 e. The summed E-state index contributed by atoms with van der Waals surface area (Å²) in [5.74, 6) is 0. The largest absolute Gasteiger partial charge is 0.381 e. The van der Waals surface area contributed by atoms with Crippen LogP contribution in [0.1, 0.15) is 51.3 Å². The maximum atomic E-state index is 6.09. The molecule has 0 unspecified atom stereocenters. The Morgan fingerprint density at radius 3 is 2.70 bits per heavy atom. The zero-order valence-corrected chi connectivity index (χ0v) is 12.7. The molecule has 0 aromatic carbocycles. The molecule has 1 aromatic rings. The first kappa shape index (κ1) is 15.5. The molecule has 20 heavy (non-hydrogen) atoms. The second-order valence-electron chi connectivity index (χ2n) is 5.55. The average Bonchev–Trinajstić information content (AvgIpc) is 2.96. The highest BCUT2D eigenvalue weighted by Crippen LogP contribution is 2.25. The van der Waals surface area contributed by atoms with Crippen LogP contribution in [0.15, 0.2) is 12.3 Å². The first-order valence-corrected chi connectivity index (χ1v) is 7.69. The molecule has 0 bridgehead atoms. The van der Waals surface area contributed by atoms with Crippen LogP contribution in [0.2, 0.25) is 0 Å². The Bertz CT molecular complexity index is 396. The predicted octanol–water partition coefficient (Wildman–Crippen LogP) is 2.27. The van der Waals surface area contributed by atoms with E-state index in [0.717, 1.165) is 44.6 Å². The molecule has 0 amide bonds. The maximum Gasteiger partial charge on any atom is 0.0914 e. The van der Waals surface area contributed by atoms with Crippen molar-refractivity contribution >= 4 is 0 Å². The lowest BCUT2D eigenvalue weighted by atomic mass is 9.94. The van der Waals surface area contributed by atoms with Crippen LogP contribution in [0.5, 0.6) is 0 Å². The van der Waals surface area contributed by atoms with Gasteiger partial charge in [-0.3, -0.25) is 4.68 Å². The molecule has 2 N–H and O–H groups in total. The van der Waals surface area contributed by atoms with E-state index >= 15 is 0 Å². The molecule has 0 atom stereocenters. The highest BCUT2D eigenvalue weighted by molar-refractivity contribution is 4.99. The molecular weight excluding hydrogens is 254 g/mol. The van der Waals surface area contributed by atoms with Gasteiger partial charge in [0, 0.05) is 38.8 Å². The van der Waals surface area contributed by atoms with Gasteiger partial charge in [-0.05, 0) is 18.9 Å². The Kier molecular flexibility index (Phi) is 5.57. The second-order valence-corrected chi connectivity index (χ2v) is 5.55. The third kappa shape index (κ3) is 3.59. The van der Waals surface area contributed by atoms with Crippen LogP contribution in [0.3, 0.4) is 0 Å². The van der Waals surface area contributed by atoms with Gasteiger partial charge < -0.3 is 15.2 Å². The van der Waals surface area contributed by atoms with Crippen LogP contribution in [-0.4, -0.2) is 35.1 Å². The Morgan fingerprint density at radius 1 is 1.40 bits per heavy atom. The summed E-state index contributed by atoms with van der Waals surface area (Å²) in [7, 11) is 0. The van der Waals surface area contributed by atoms with Crippen molar-refractivity contribution in [1.82, 2.24) is 9.78 Å². The summed E-state index contributed by atoms with van der Waals surface area (Å²) in [5.41, 5.74) is 6.65. The quantitative estimate of drug-likeness (QED) is 0.833. The van der Waals surface area contributed by atoms with E-state index < -0.39 is 0 Å². The third-order valence-electron chi connectivity index (χ3n) is 4.28. The summed E-state index contributed by atoms with van der Waals surface area (Å²) in [5, 5.41) is 4.62. The van der Waals surface area contributed by atoms with Gasteiger partial charge in [0.05, 0.1) is 23.9 Å². The van der Waals surface area contributed by atoms with Crippen LogP contribution < -0.4 is 5.73 Å². The zero-order chi connectivity index (χ0) is 14.4. The van der Waals surface area contributed by atoms with E-state index in [4.69, 9.17) is 15.2 Å². The Balaban J connectivity index is 1.93. The predicted molar refractivity (Wildman–Crippen MR) is 78.5 cm³/mol. The van der Waals surface area contributed by atoms with E-state index in [9.17, 15) is 0 Å². The number of nitrogens with two attached hydrogens (primary N) is 1. The number of aromatic nitrogens is 2. The van der Waals surface area contributed by atoms with Crippen molar-refractivity contribution in [3.8, 4) is 0 Å². The molecule has 2 heterocycles. The highest BCUT2D eigenvalue weighted by Gasteiger charge is 2.32. The van der Waals surface area contributed by atoms with Gasteiger partial charge in [0.2, 0.25) is 0 Å². The monoisotopic (exact) mass is 281 g/mol. The van der Waals surface area contributed by atoms with E-state index in [1.165, 1.54) is 0 Å². The van der Waals surface area contributed by atoms with Crippen LogP contribution >= 0.6 is 0 Å². The van der Waals surface area contributed by atoms with E-state index in [-0.39, 0.29) is 5.60 Å². The molecule has 0 aliphatic carbocycles. The maximum absolute atomic E-state index is 6.09. The number of rotatable bonds is 7. The van der Waals surface area contributed by atoms with Gasteiger partial charge in [0.1, 0.15) is 0 Å².